The van der Waals surface area contributed by atoms with Crippen LogP contribution in [0.2, 0.25) is 0 Å². The van der Waals surface area contributed by atoms with Crippen LogP contribution in [0.1, 0.15) is 233 Å². The third-order valence-electron chi connectivity index (χ3n) is 11.0. The summed E-state index contributed by atoms with van der Waals surface area (Å²) in [6.07, 6.45) is 38.8. The van der Waals surface area contributed by atoms with E-state index in [0.717, 1.165) is 84.3 Å². The van der Waals surface area contributed by atoms with Gasteiger partial charge in [0.05, 0.1) is 19.8 Å². The third-order valence-corrected chi connectivity index (χ3v) is 11.0. The van der Waals surface area contributed by atoms with Crippen molar-refractivity contribution in [3.63, 3.8) is 0 Å². The molecule has 0 atom stereocenters. The molecule has 0 radical (unpaired) electrons. The minimum atomic E-state index is -0.0161. The van der Waals surface area contributed by atoms with Gasteiger partial charge in [0, 0.05) is 25.9 Å². The first-order chi connectivity index (χ1) is 26.9. The molecule has 0 bridgehead atoms. The molecule has 328 valence electrons. The van der Waals surface area contributed by atoms with Crippen molar-refractivity contribution in [2.75, 3.05) is 60.1 Å². The number of carbonyl (C=O) groups is 2. The number of likely N-dealkylation sites (N-methyl/N-ethyl adjacent to an activating group) is 1. The van der Waals surface area contributed by atoms with Crippen LogP contribution >= 0.6 is 0 Å². The molecule has 0 aromatic carbocycles. The number of nitrogens with zero attached hydrogens (tertiary/aromatic N) is 2. The second-order valence-corrected chi connectivity index (χ2v) is 16.9. The Morgan fingerprint density at radius 3 is 1.31 bits per heavy atom. The summed E-state index contributed by atoms with van der Waals surface area (Å²) in [5.41, 5.74) is 0. The first-order valence-electron chi connectivity index (χ1n) is 24.2. The normalized spacial score (nSPS) is 11.7. The minimum absolute atomic E-state index is 0.0161. The number of ether oxygens (including phenoxy) is 3. The monoisotopic (exact) mass is 781 g/mol. The van der Waals surface area contributed by atoms with Crippen LogP contribution in [0, 0.1) is 0 Å². The summed E-state index contributed by atoms with van der Waals surface area (Å²) in [4.78, 5) is 29.6. The number of hydrogen-bond acceptors (Lipinski definition) is 7. The zero-order valence-electron chi connectivity index (χ0n) is 37.8. The zero-order chi connectivity index (χ0) is 40.3. The van der Waals surface area contributed by atoms with Gasteiger partial charge >= 0.3 is 11.9 Å². The first kappa shape index (κ1) is 53.8. The number of unbranched alkanes of at least 4 members (excludes halogenated alkanes) is 24. The Hall–Kier alpha value is -1.18. The Bertz CT molecular complexity index is 778. The van der Waals surface area contributed by atoms with Gasteiger partial charge in [0.15, 0.2) is 0 Å². The van der Waals surface area contributed by atoms with Crippen molar-refractivity contribution in [1.82, 2.24) is 9.80 Å². The van der Waals surface area contributed by atoms with Crippen LogP contribution in [0.5, 0.6) is 0 Å². The van der Waals surface area contributed by atoms with E-state index in [1.807, 2.05) is 0 Å². The highest BCUT2D eigenvalue weighted by atomic mass is 16.5. The fraction of sp³-hybridized carbons (Fsp3) is 0.958. The molecule has 0 amide bonds. The van der Waals surface area contributed by atoms with Gasteiger partial charge in [0.2, 0.25) is 0 Å². The zero-order valence-corrected chi connectivity index (χ0v) is 37.8. The van der Waals surface area contributed by atoms with Crippen molar-refractivity contribution in [1.29, 1.82) is 0 Å². The maximum Gasteiger partial charge on any atom is 0.306 e. The van der Waals surface area contributed by atoms with Crippen LogP contribution in [-0.4, -0.2) is 87.9 Å². The molecule has 0 fully saturated rings. The fourth-order valence-corrected chi connectivity index (χ4v) is 7.28. The summed E-state index contributed by atoms with van der Waals surface area (Å²) in [7, 11) is 4.17. The molecule has 0 aliphatic rings. The Balaban J connectivity index is 4.27. The lowest BCUT2D eigenvalue weighted by atomic mass is 10.0. The molecule has 0 heterocycles. The van der Waals surface area contributed by atoms with E-state index in [1.54, 1.807) is 0 Å². The van der Waals surface area contributed by atoms with Crippen LogP contribution < -0.4 is 0 Å². The molecule has 0 rings (SSSR count). The van der Waals surface area contributed by atoms with Gasteiger partial charge < -0.3 is 24.0 Å². The number of rotatable bonds is 45. The molecular weight excluding hydrogens is 685 g/mol. The molecule has 0 aromatic rings. The lowest BCUT2D eigenvalue weighted by molar-refractivity contribution is -0.150. The molecule has 0 unspecified atom stereocenters. The number of carbonyl (C=O) groups excluding carboxylic acids is 2. The second kappa shape index (κ2) is 43.9. The topological polar surface area (TPSA) is 68.3 Å². The highest BCUT2D eigenvalue weighted by Crippen LogP contribution is 2.18. The summed E-state index contributed by atoms with van der Waals surface area (Å²) in [6.45, 7) is 13.1. The quantitative estimate of drug-likeness (QED) is 0.0450. The van der Waals surface area contributed by atoms with E-state index in [1.165, 1.54) is 154 Å². The van der Waals surface area contributed by atoms with Crippen molar-refractivity contribution in [3.8, 4) is 0 Å². The van der Waals surface area contributed by atoms with Crippen molar-refractivity contribution < 1.29 is 23.8 Å². The average Bonchev–Trinajstić information content (AvgIpc) is 3.16. The van der Waals surface area contributed by atoms with Crippen LogP contribution in [0.15, 0.2) is 0 Å². The highest BCUT2D eigenvalue weighted by Gasteiger charge is 2.14. The van der Waals surface area contributed by atoms with Crippen LogP contribution in [-0.2, 0) is 23.8 Å². The molecule has 7 heteroatoms. The minimum Gasteiger partial charge on any atom is -0.466 e. The molecule has 0 saturated heterocycles. The van der Waals surface area contributed by atoms with Crippen LogP contribution in [0.25, 0.3) is 0 Å². The van der Waals surface area contributed by atoms with Crippen LogP contribution in [0.4, 0.5) is 0 Å². The molecular formula is C48H96N2O5. The molecule has 0 aliphatic heterocycles. The fourth-order valence-electron chi connectivity index (χ4n) is 7.28. The predicted molar refractivity (Wildman–Crippen MR) is 236 cm³/mol. The molecule has 0 saturated carbocycles. The molecule has 0 spiro atoms. The summed E-state index contributed by atoms with van der Waals surface area (Å²) in [5.74, 6) is 0.0127. The van der Waals surface area contributed by atoms with Crippen molar-refractivity contribution in [2.45, 2.75) is 239 Å². The summed E-state index contributed by atoms with van der Waals surface area (Å²) in [5, 5.41) is 0. The number of hydrogen-bond donors (Lipinski definition) is 0. The SMILES string of the molecule is CCCCCCCCCOC(=O)CCCCCCCN(CCCCCCCC(=O)OC(CCCCCCCC)CCCCCCCC)CCOCCN(C)C. The van der Waals surface area contributed by atoms with E-state index in [9.17, 15) is 9.59 Å². The maximum absolute atomic E-state index is 12.8. The molecule has 0 aliphatic carbocycles. The van der Waals surface area contributed by atoms with Crippen LogP contribution in [0.3, 0.4) is 0 Å². The Morgan fingerprint density at radius 1 is 0.418 bits per heavy atom. The Morgan fingerprint density at radius 2 is 0.818 bits per heavy atom. The van der Waals surface area contributed by atoms with Gasteiger partial charge in [-0.2, -0.15) is 0 Å². The van der Waals surface area contributed by atoms with Gasteiger partial charge in [-0.05, 0) is 85.0 Å². The van der Waals surface area contributed by atoms with Gasteiger partial charge in [-0.25, -0.2) is 0 Å². The average molecular weight is 781 g/mol. The van der Waals surface area contributed by atoms with Gasteiger partial charge in [-0.3, -0.25) is 9.59 Å². The highest BCUT2D eigenvalue weighted by molar-refractivity contribution is 5.69. The largest absolute Gasteiger partial charge is 0.466 e. The second-order valence-electron chi connectivity index (χ2n) is 16.9. The van der Waals surface area contributed by atoms with Gasteiger partial charge in [0.25, 0.3) is 0 Å². The van der Waals surface area contributed by atoms with E-state index in [4.69, 9.17) is 14.2 Å². The van der Waals surface area contributed by atoms with Gasteiger partial charge in [-0.1, -0.05) is 162 Å². The van der Waals surface area contributed by atoms with Gasteiger partial charge in [0.1, 0.15) is 6.10 Å². The molecule has 0 N–H and O–H groups in total. The Kier molecular flexibility index (Phi) is 43.0. The smallest absolute Gasteiger partial charge is 0.306 e. The van der Waals surface area contributed by atoms with Crippen molar-refractivity contribution in [3.05, 3.63) is 0 Å². The first-order valence-corrected chi connectivity index (χ1v) is 24.2. The molecule has 55 heavy (non-hydrogen) atoms. The van der Waals surface area contributed by atoms with Crippen molar-refractivity contribution >= 4 is 11.9 Å². The predicted octanol–water partition coefficient (Wildman–Crippen LogP) is 13.3. The summed E-state index contributed by atoms with van der Waals surface area (Å²) in [6, 6.07) is 0. The lowest BCUT2D eigenvalue weighted by Crippen LogP contribution is -2.30. The summed E-state index contributed by atoms with van der Waals surface area (Å²) >= 11 is 0. The van der Waals surface area contributed by atoms with E-state index >= 15 is 0 Å². The van der Waals surface area contributed by atoms with Gasteiger partial charge in [-0.15, -0.1) is 0 Å². The molecule has 7 nitrogen and oxygen atoms in total. The lowest BCUT2D eigenvalue weighted by Gasteiger charge is -2.22. The third kappa shape index (κ3) is 42.3. The summed E-state index contributed by atoms with van der Waals surface area (Å²) < 4.78 is 17.5. The maximum atomic E-state index is 12.8. The van der Waals surface area contributed by atoms with E-state index in [-0.39, 0.29) is 18.0 Å². The van der Waals surface area contributed by atoms with E-state index in [2.05, 4.69) is 44.7 Å². The van der Waals surface area contributed by atoms with E-state index in [0.29, 0.717) is 19.4 Å². The number of esters is 2. The van der Waals surface area contributed by atoms with E-state index < -0.39 is 0 Å². The Labute approximate surface area is 343 Å². The molecule has 0 aromatic heterocycles. The standard InChI is InChI=1S/C48H96N2O5/c1-6-9-12-15-18-27-34-43-54-47(51)37-30-23-19-25-32-39-50(42-45-53-44-41-49(4)5)40-33-26-20-24-31-38-48(52)55-46(35-28-21-16-13-10-7-2)36-29-22-17-14-11-8-3/h46H,6-45H2,1-5H3. The van der Waals surface area contributed by atoms with Crippen molar-refractivity contribution in [2.24, 2.45) is 0 Å².